The lowest BCUT2D eigenvalue weighted by Crippen LogP contribution is -2.47. The number of thioether (sulfide) groups is 1. The maximum Gasteiger partial charge on any atom is 0.234 e. The third kappa shape index (κ3) is 7.34. The van der Waals surface area contributed by atoms with Gasteiger partial charge in [0.05, 0.1) is 10.9 Å². The molecule has 35 heavy (non-hydrogen) atoms. The normalized spacial score (nSPS) is 17.0. The zero-order chi connectivity index (χ0) is 24.6. The summed E-state index contributed by atoms with van der Waals surface area (Å²) in [5.41, 5.74) is 2.80. The van der Waals surface area contributed by atoms with Crippen molar-refractivity contribution in [2.45, 2.75) is 24.5 Å². The van der Waals surface area contributed by atoms with E-state index in [4.69, 9.17) is 23.2 Å². The minimum absolute atomic E-state index is 0.117. The van der Waals surface area contributed by atoms with Crippen molar-refractivity contribution >= 4 is 57.6 Å². The summed E-state index contributed by atoms with van der Waals surface area (Å²) in [7, 11) is 0. The van der Waals surface area contributed by atoms with Crippen molar-refractivity contribution in [2.24, 2.45) is 4.99 Å². The molecule has 0 bridgehead atoms. The molecule has 0 aliphatic carbocycles. The molecule has 8 heteroatoms. The van der Waals surface area contributed by atoms with Gasteiger partial charge in [0, 0.05) is 29.6 Å². The van der Waals surface area contributed by atoms with Gasteiger partial charge in [0.1, 0.15) is 0 Å². The van der Waals surface area contributed by atoms with Crippen LogP contribution in [0.25, 0.3) is 0 Å². The number of rotatable bonds is 8. The van der Waals surface area contributed by atoms with Gasteiger partial charge in [-0.05, 0) is 42.2 Å². The van der Waals surface area contributed by atoms with Gasteiger partial charge in [0.15, 0.2) is 5.17 Å². The first-order chi connectivity index (χ1) is 17.0. The Labute approximate surface area is 219 Å². The fourth-order valence-corrected chi connectivity index (χ4v) is 5.41. The van der Waals surface area contributed by atoms with Crippen LogP contribution in [0.2, 0.25) is 10.0 Å². The van der Waals surface area contributed by atoms with Crippen LogP contribution in [-0.2, 0) is 22.4 Å². The Morgan fingerprint density at radius 1 is 0.943 bits per heavy atom. The van der Waals surface area contributed by atoms with Crippen molar-refractivity contribution in [3.63, 3.8) is 0 Å². The van der Waals surface area contributed by atoms with Crippen molar-refractivity contribution in [2.75, 3.05) is 13.1 Å². The first-order valence-corrected chi connectivity index (χ1v) is 13.0. The molecule has 1 N–H and O–H groups in total. The molecule has 0 unspecified atom stereocenters. The summed E-state index contributed by atoms with van der Waals surface area (Å²) in [4.78, 5) is 32.4. The van der Waals surface area contributed by atoms with Crippen LogP contribution in [0.15, 0.2) is 83.9 Å². The van der Waals surface area contributed by atoms with Gasteiger partial charge in [0.25, 0.3) is 0 Å². The molecule has 4 rings (SSSR count). The van der Waals surface area contributed by atoms with E-state index < -0.39 is 5.25 Å². The Morgan fingerprint density at radius 3 is 2.17 bits per heavy atom. The van der Waals surface area contributed by atoms with E-state index in [9.17, 15) is 9.59 Å². The van der Waals surface area contributed by atoms with E-state index in [-0.39, 0.29) is 18.2 Å². The quantitative estimate of drug-likeness (QED) is 0.397. The second kappa shape index (κ2) is 12.2. The second-order valence-electron chi connectivity index (χ2n) is 8.14. The predicted molar refractivity (Wildman–Crippen MR) is 145 cm³/mol. The number of hydrogen-bond acceptors (Lipinski definition) is 4. The highest BCUT2D eigenvalue weighted by molar-refractivity contribution is 8.15. The number of aliphatic imine (C=N–C) groups is 1. The van der Waals surface area contributed by atoms with E-state index in [1.54, 1.807) is 23.1 Å². The van der Waals surface area contributed by atoms with Gasteiger partial charge in [-0.15, -0.1) is 0 Å². The lowest BCUT2D eigenvalue weighted by Gasteiger charge is -2.32. The van der Waals surface area contributed by atoms with Gasteiger partial charge in [-0.3, -0.25) is 14.5 Å². The van der Waals surface area contributed by atoms with Gasteiger partial charge in [0.2, 0.25) is 11.8 Å². The van der Waals surface area contributed by atoms with Crippen molar-refractivity contribution in [1.29, 1.82) is 0 Å². The van der Waals surface area contributed by atoms with E-state index >= 15 is 0 Å². The lowest BCUT2D eigenvalue weighted by atomic mass is 10.1. The Balaban J connectivity index is 1.49. The molecule has 0 aromatic heterocycles. The summed E-state index contributed by atoms with van der Waals surface area (Å²) >= 11 is 13.6. The van der Waals surface area contributed by atoms with Crippen LogP contribution in [0.5, 0.6) is 0 Å². The smallest absolute Gasteiger partial charge is 0.234 e. The zero-order valence-corrected chi connectivity index (χ0v) is 21.3. The fourth-order valence-electron chi connectivity index (χ4n) is 3.75. The predicted octanol–water partition coefficient (Wildman–Crippen LogP) is 5.92. The summed E-state index contributed by atoms with van der Waals surface area (Å²) in [6.45, 7) is 0.966. The maximum absolute atomic E-state index is 13.2. The Morgan fingerprint density at radius 2 is 1.54 bits per heavy atom. The molecule has 2 amide bonds. The number of benzene rings is 3. The highest BCUT2D eigenvalue weighted by Crippen LogP contribution is 2.31. The van der Waals surface area contributed by atoms with E-state index in [0.29, 0.717) is 40.4 Å². The number of nitrogens with zero attached hydrogens (tertiary/aromatic N) is 2. The summed E-state index contributed by atoms with van der Waals surface area (Å²) in [5, 5.41) is 3.79. The number of halogens is 2. The van der Waals surface area contributed by atoms with Crippen LogP contribution in [0, 0.1) is 0 Å². The Kier molecular flexibility index (Phi) is 8.85. The first kappa shape index (κ1) is 25.3. The van der Waals surface area contributed by atoms with Crippen molar-refractivity contribution in [3.8, 4) is 0 Å². The van der Waals surface area contributed by atoms with Gasteiger partial charge < -0.3 is 5.32 Å². The van der Waals surface area contributed by atoms with Crippen LogP contribution in [0.3, 0.4) is 0 Å². The average Bonchev–Trinajstić information content (AvgIpc) is 2.84. The third-order valence-corrected chi connectivity index (χ3v) is 7.15. The average molecular weight is 526 g/mol. The number of nitrogens with one attached hydrogen (secondary N) is 1. The SMILES string of the molecule is O=C(NCCc1ccccc1)[C@@H]1CC(=O)N(CCc2ccccc2)C(=Nc2cc(Cl)cc(Cl)c2)S1. The zero-order valence-electron chi connectivity index (χ0n) is 19.0. The molecule has 3 aromatic carbocycles. The largest absolute Gasteiger partial charge is 0.355 e. The minimum atomic E-state index is -0.556. The molecule has 3 aromatic rings. The standard InChI is InChI=1S/C27H25Cl2N3O2S/c28-21-15-22(29)17-23(16-21)31-27-32(14-12-20-9-5-2-6-10-20)25(33)18-24(35-27)26(34)30-13-11-19-7-3-1-4-8-19/h1-10,15-17,24H,11-14,18H2,(H,30,34)/t24-/m0/s1. The summed E-state index contributed by atoms with van der Waals surface area (Å²) in [6, 6.07) is 24.9. The van der Waals surface area contributed by atoms with Crippen LogP contribution in [0.1, 0.15) is 17.5 Å². The fraction of sp³-hybridized carbons (Fsp3) is 0.222. The molecule has 1 atom stereocenters. The lowest BCUT2D eigenvalue weighted by molar-refractivity contribution is -0.130. The molecule has 0 saturated carbocycles. The maximum atomic E-state index is 13.2. The van der Waals surface area contributed by atoms with E-state index in [0.717, 1.165) is 17.5 Å². The van der Waals surface area contributed by atoms with E-state index in [2.05, 4.69) is 10.3 Å². The van der Waals surface area contributed by atoms with Crippen LogP contribution in [0.4, 0.5) is 5.69 Å². The van der Waals surface area contributed by atoms with Gasteiger partial charge >= 0.3 is 0 Å². The number of amides is 2. The van der Waals surface area contributed by atoms with Crippen molar-refractivity contribution in [3.05, 3.63) is 100 Å². The highest BCUT2D eigenvalue weighted by Gasteiger charge is 2.35. The molecule has 1 aliphatic heterocycles. The van der Waals surface area contributed by atoms with E-state index in [1.807, 2.05) is 60.7 Å². The van der Waals surface area contributed by atoms with E-state index in [1.165, 1.54) is 11.8 Å². The minimum Gasteiger partial charge on any atom is -0.355 e. The second-order valence-corrected chi connectivity index (χ2v) is 10.2. The summed E-state index contributed by atoms with van der Waals surface area (Å²) in [6.07, 6.45) is 1.52. The number of carbonyl (C=O) groups excluding carboxylic acids is 2. The molecule has 180 valence electrons. The Bertz CT molecular complexity index is 1190. The van der Waals surface area contributed by atoms with Crippen LogP contribution >= 0.6 is 35.0 Å². The first-order valence-electron chi connectivity index (χ1n) is 11.4. The molecule has 0 radical (unpaired) electrons. The van der Waals surface area contributed by atoms with Crippen molar-refractivity contribution in [1.82, 2.24) is 10.2 Å². The molecular formula is C27H25Cl2N3O2S. The van der Waals surface area contributed by atoms with Crippen molar-refractivity contribution < 1.29 is 9.59 Å². The molecular weight excluding hydrogens is 501 g/mol. The molecule has 1 heterocycles. The van der Waals surface area contributed by atoms with Gasteiger partial charge in [-0.2, -0.15) is 0 Å². The number of carbonyl (C=O) groups is 2. The number of amidine groups is 1. The van der Waals surface area contributed by atoms with Gasteiger partial charge in [-0.1, -0.05) is 95.6 Å². The summed E-state index contributed by atoms with van der Waals surface area (Å²) in [5.74, 6) is -0.298. The van der Waals surface area contributed by atoms with Gasteiger partial charge in [-0.25, -0.2) is 4.99 Å². The Hall–Kier alpha value is -2.80. The monoisotopic (exact) mass is 525 g/mol. The van der Waals surface area contributed by atoms with Crippen LogP contribution in [-0.4, -0.2) is 40.2 Å². The molecule has 5 nitrogen and oxygen atoms in total. The summed E-state index contributed by atoms with van der Waals surface area (Å²) < 4.78 is 0. The molecule has 1 saturated heterocycles. The molecule has 0 spiro atoms. The molecule has 1 fully saturated rings. The molecule has 1 aliphatic rings. The third-order valence-electron chi connectivity index (χ3n) is 5.53. The number of hydrogen-bond donors (Lipinski definition) is 1. The van der Waals surface area contributed by atoms with Crippen LogP contribution < -0.4 is 5.32 Å². The highest BCUT2D eigenvalue weighted by atomic mass is 35.5. The topological polar surface area (TPSA) is 61.8 Å².